The summed E-state index contributed by atoms with van der Waals surface area (Å²) in [6.07, 6.45) is -4.84. The average Bonchev–Trinajstić information content (AvgIpc) is 2.37. The molecule has 0 aliphatic rings. The standard InChI is InChI=1S/C13H17F3N2O3/c1-12(2,7-19)6-18-11(20)8-3-4-10(9(17)5-8)21-13(14,15)16/h3-5,19H,6-7,17H2,1-2H3,(H,18,20). The minimum absolute atomic E-state index is 0.107. The van der Waals surface area contributed by atoms with Crippen molar-refractivity contribution in [1.82, 2.24) is 5.32 Å². The second-order valence-corrected chi connectivity index (χ2v) is 5.31. The van der Waals surface area contributed by atoms with Gasteiger partial charge in [0.1, 0.15) is 0 Å². The summed E-state index contributed by atoms with van der Waals surface area (Å²) >= 11 is 0. The number of amides is 1. The average molecular weight is 306 g/mol. The molecule has 0 atom stereocenters. The Morgan fingerprint density at radius 1 is 1.38 bits per heavy atom. The molecule has 1 aromatic carbocycles. The second-order valence-electron chi connectivity index (χ2n) is 5.31. The van der Waals surface area contributed by atoms with Crippen LogP contribution in [0.1, 0.15) is 24.2 Å². The van der Waals surface area contributed by atoms with Gasteiger partial charge in [-0.2, -0.15) is 0 Å². The van der Waals surface area contributed by atoms with Crippen LogP contribution in [0.5, 0.6) is 5.75 Å². The number of benzene rings is 1. The summed E-state index contributed by atoms with van der Waals surface area (Å²) in [7, 11) is 0. The number of rotatable bonds is 5. The monoisotopic (exact) mass is 306 g/mol. The Kier molecular flexibility index (Phi) is 5.06. The molecule has 0 saturated carbocycles. The summed E-state index contributed by atoms with van der Waals surface area (Å²) in [5.41, 5.74) is 4.75. The lowest BCUT2D eigenvalue weighted by Crippen LogP contribution is -2.36. The highest BCUT2D eigenvalue weighted by Crippen LogP contribution is 2.28. The van der Waals surface area contributed by atoms with Gasteiger partial charge in [-0.15, -0.1) is 13.2 Å². The molecule has 0 aromatic heterocycles. The molecule has 0 aliphatic heterocycles. The van der Waals surface area contributed by atoms with E-state index in [1.165, 1.54) is 6.07 Å². The van der Waals surface area contributed by atoms with E-state index in [1.807, 2.05) is 0 Å². The molecule has 0 spiro atoms. The molecule has 0 saturated heterocycles. The minimum Gasteiger partial charge on any atom is -0.404 e. The fraction of sp³-hybridized carbons (Fsp3) is 0.462. The molecule has 0 aliphatic carbocycles. The molecule has 0 radical (unpaired) electrons. The van der Waals surface area contributed by atoms with E-state index in [1.54, 1.807) is 13.8 Å². The first-order chi connectivity index (χ1) is 9.54. The van der Waals surface area contributed by atoms with E-state index in [9.17, 15) is 18.0 Å². The van der Waals surface area contributed by atoms with E-state index in [0.717, 1.165) is 12.1 Å². The van der Waals surface area contributed by atoms with Gasteiger partial charge in [0.15, 0.2) is 5.75 Å². The Balaban J connectivity index is 2.77. The summed E-state index contributed by atoms with van der Waals surface area (Å²) < 4.78 is 40.0. The fourth-order valence-electron chi connectivity index (χ4n) is 1.38. The maximum Gasteiger partial charge on any atom is 0.573 e. The molecule has 0 unspecified atom stereocenters. The van der Waals surface area contributed by atoms with Crippen molar-refractivity contribution in [2.45, 2.75) is 20.2 Å². The van der Waals surface area contributed by atoms with E-state index in [4.69, 9.17) is 10.8 Å². The van der Waals surface area contributed by atoms with E-state index in [0.29, 0.717) is 0 Å². The zero-order valence-electron chi connectivity index (χ0n) is 11.6. The number of anilines is 1. The van der Waals surface area contributed by atoms with Crippen LogP contribution >= 0.6 is 0 Å². The first-order valence-electron chi connectivity index (χ1n) is 6.08. The zero-order valence-corrected chi connectivity index (χ0v) is 11.6. The summed E-state index contributed by atoms with van der Waals surface area (Å²) in [4.78, 5) is 11.8. The molecule has 21 heavy (non-hydrogen) atoms. The number of nitrogens with one attached hydrogen (secondary N) is 1. The number of alkyl halides is 3. The first kappa shape index (κ1) is 17.1. The Morgan fingerprint density at radius 3 is 2.48 bits per heavy atom. The second kappa shape index (κ2) is 6.21. The molecule has 0 fully saturated rings. The lowest BCUT2D eigenvalue weighted by Gasteiger charge is -2.21. The number of aliphatic hydroxyl groups is 1. The van der Waals surface area contributed by atoms with Crippen molar-refractivity contribution in [2.24, 2.45) is 5.41 Å². The zero-order chi connectivity index (χ0) is 16.3. The third-order valence-corrected chi connectivity index (χ3v) is 2.65. The molecule has 0 bridgehead atoms. The topological polar surface area (TPSA) is 84.6 Å². The summed E-state index contributed by atoms with van der Waals surface area (Å²) in [5, 5.41) is 11.6. The summed E-state index contributed by atoms with van der Waals surface area (Å²) in [6, 6.07) is 3.26. The summed E-state index contributed by atoms with van der Waals surface area (Å²) in [6.45, 7) is 3.60. The third kappa shape index (κ3) is 5.50. The fourth-order valence-corrected chi connectivity index (χ4v) is 1.38. The van der Waals surface area contributed by atoms with Gasteiger partial charge in [0.2, 0.25) is 0 Å². The lowest BCUT2D eigenvalue weighted by molar-refractivity contribution is -0.274. The molecule has 118 valence electrons. The molecule has 1 rings (SSSR count). The number of carbonyl (C=O) groups is 1. The van der Waals surface area contributed by atoms with Gasteiger partial charge in [-0.25, -0.2) is 0 Å². The SMILES string of the molecule is CC(C)(CO)CNC(=O)c1ccc(OC(F)(F)F)c(N)c1. The van der Waals surface area contributed by atoms with Gasteiger partial charge in [-0.1, -0.05) is 13.8 Å². The van der Waals surface area contributed by atoms with E-state index in [2.05, 4.69) is 10.1 Å². The number of nitrogens with two attached hydrogens (primary N) is 1. The Bertz CT molecular complexity index is 516. The number of ether oxygens (including phenoxy) is 1. The smallest absolute Gasteiger partial charge is 0.404 e. The van der Waals surface area contributed by atoms with Gasteiger partial charge >= 0.3 is 6.36 Å². The molecule has 8 heteroatoms. The highest BCUT2D eigenvalue weighted by molar-refractivity contribution is 5.95. The van der Waals surface area contributed by atoms with Crippen molar-refractivity contribution >= 4 is 11.6 Å². The number of nitrogen functional groups attached to an aromatic ring is 1. The van der Waals surface area contributed by atoms with Crippen molar-refractivity contribution < 1.29 is 27.8 Å². The van der Waals surface area contributed by atoms with Crippen LogP contribution in [0.25, 0.3) is 0 Å². The number of carbonyl (C=O) groups excluding carboxylic acids is 1. The summed E-state index contributed by atoms with van der Waals surface area (Å²) in [5.74, 6) is -1.06. The Labute approximate surface area is 119 Å². The van der Waals surface area contributed by atoms with Gasteiger partial charge in [-0.3, -0.25) is 4.79 Å². The van der Waals surface area contributed by atoms with Crippen LogP contribution in [0.3, 0.4) is 0 Å². The maximum atomic E-state index is 12.1. The number of hydrogen-bond acceptors (Lipinski definition) is 4. The van der Waals surface area contributed by atoms with Crippen molar-refractivity contribution in [3.05, 3.63) is 23.8 Å². The van der Waals surface area contributed by atoms with Crippen molar-refractivity contribution in [2.75, 3.05) is 18.9 Å². The number of hydrogen-bond donors (Lipinski definition) is 3. The molecule has 1 aromatic rings. The maximum absolute atomic E-state index is 12.1. The van der Waals surface area contributed by atoms with Crippen LogP contribution < -0.4 is 15.8 Å². The van der Waals surface area contributed by atoms with Crippen LogP contribution in [0.4, 0.5) is 18.9 Å². The van der Waals surface area contributed by atoms with E-state index in [-0.39, 0.29) is 24.4 Å². The molecular weight excluding hydrogens is 289 g/mol. The van der Waals surface area contributed by atoms with Crippen molar-refractivity contribution in [3.63, 3.8) is 0 Å². The first-order valence-corrected chi connectivity index (χ1v) is 6.08. The van der Waals surface area contributed by atoms with Crippen molar-refractivity contribution in [3.8, 4) is 5.75 Å². The van der Waals surface area contributed by atoms with Crippen molar-refractivity contribution in [1.29, 1.82) is 0 Å². The van der Waals surface area contributed by atoms with Crippen LogP contribution in [0, 0.1) is 5.41 Å². The predicted octanol–water partition coefficient (Wildman–Crippen LogP) is 1.92. The van der Waals surface area contributed by atoms with Gasteiger partial charge < -0.3 is 20.9 Å². The van der Waals surface area contributed by atoms with Gasteiger partial charge in [0.05, 0.1) is 5.69 Å². The van der Waals surface area contributed by atoms with Gasteiger partial charge in [0.25, 0.3) is 5.91 Å². The predicted molar refractivity (Wildman–Crippen MR) is 70.7 cm³/mol. The molecule has 1 amide bonds. The quantitative estimate of drug-likeness (QED) is 0.726. The number of halogens is 3. The normalized spacial score (nSPS) is 12.1. The van der Waals surface area contributed by atoms with Crippen LogP contribution in [0.2, 0.25) is 0 Å². The van der Waals surface area contributed by atoms with Gasteiger partial charge in [-0.05, 0) is 18.2 Å². The van der Waals surface area contributed by atoms with E-state index >= 15 is 0 Å². The Hall–Kier alpha value is -1.96. The van der Waals surface area contributed by atoms with Gasteiger partial charge in [0, 0.05) is 24.1 Å². The van der Waals surface area contributed by atoms with Crippen LogP contribution in [-0.2, 0) is 0 Å². The van der Waals surface area contributed by atoms with Crippen LogP contribution in [0.15, 0.2) is 18.2 Å². The lowest BCUT2D eigenvalue weighted by atomic mass is 9.95. The number of aliphatic hydroxyl groups excluding tert-OH is 1. The highest BCUT2D eigenvalue weighted by atomic mass is 19.4. The molecule has 5 nitrogen and oxygen atoms in total. The van der Waals surface area contributed by atoms with E-state index < -0.39 is 23.4 Å². The largest absolute Gasteiger partial charge is 0.573 e. The highest BCUT2D eigenvalue weighted by Gasteiger charge is 2.32. The molecular formula is C13H17F3N2O3. The minimum atomic E-state index is -4.84. The Morgan fingerprint density at radius 2 is 2.00 bits per heavy atom. The third-order valence-electron chi connectivity index (χ3n) is 2.65. The molecule has 4 N–H and O–H groups in total. The molecule has 0 heterocycles. The van der Waals surface area contributed by atoms with Crippen LogP contribution in [-0.4, -0.2) is 30.5 Å².